The molecular formula is C15H22F3NOS. The van der Waals surface area contributed by atoms with Crippen molar-refractivity contribution >= 4 is 11.8 Å². The zero-order valence-electron chi connectivity index (χ0n) is 12.5. The van der Waals surface area contributed by atoms with Crippen LogP contribution in [0.1, 0.15) is 25.0 Å². The molecule has 2 N–H and O–H groups in total. The molecule has 1 aromatic rings. The van der Waals surface area contributed by atoms with E-state index in [0.717, 1.165) is 6.07 Å². The van der Waals surface area contributed by atoms with Crippen LogP contribution in [-0.2, 0) is 12.6 Å². The SMILES string of the molecule is CSCC(C)(O)CNC(C)Cc1cccc(C(F)(F)F)c1. The van der Waals surface area contributed by atoms with Crippen LogP contribution in [0.2, 0.25) is 0 Å². The normalized spacial score (nSPS) is 16.5. The van der Waals surface area contributed by atoms with Gasteiger partial charge in [-0.3, -0.25) is 0 Å². The number of alkyl halides is 3. The van der Waals surface area contributed by atoms with E-state index in [1.165, 1.54) is 12.1 Å². The van der Waals surface area contributed by atoms with E-state index in [2.05, 4.69) is 5.32 Å². The van der Waals surface area contributed by atoms with Crippen molar-refractivity contribution in [3.63, 3.8) is 0 Å². The van der Waals surface area contributed by atoms with Gasteiger partial charge < -0.3 is 10.4 Å². The van der Waals surface area contributed by atoms with Crippen molar-refractivity contribution < 1.29 is 18.3 Å². The summed E-state index contributed by atoms with van der Waals surface area (Å²) in [6.45, 7) is 4.05. The van der Waals surface area contributed by atoms with Crippen LogP contribution in [0.5, 0.6) is 0 Å². The summed E-state index contributed by atoms with van der Waals surface area (Å²) in [7, 11) is 0. The predicted octanol–water partition coefficient (Wildman–Crippen LogP) is 3.34. The Bertz CT molecular complexity index is 449. The van der Waals surface area contributed by atoms with E-state index in [4.69, 9.17) is 0 Å². The molecule has 1 aromatic carbocycles. The molecule has 2 nitrogen and oxygen atoms in total. The lowest BCUT2D eigenvalue weighted by molar-refractivity contribution is -0.137. The highest BCUT2D eigenvalue weighted by molar-refractivity contribution is 7.98. The average molecular weight is 321 g/mol. The smallest absolute Gasteiger partial charge is 0.388 e. The van der Waals surface area contributed by atoms with E-state index in [0.29, 0.717) is 24.3 Å². The second kappa shape index (κ2) is 7.51. The first-order chi connectivity index (χ1) is 9.64. The van der Waals surface area contributed by atoms with Gasteiger partial charge >= 0.3 is 6.18 Å². The van der Waals surface area contributed by atoms with Gasteiger partial charge in [-0.1, -0.05) is 18.2 Å². The molecule has 0 aromatic heterocycles. The standard InChI is InChI=1S/C15H22F3NOS/c1-11(19-9-14(2,20)10-21-3)7-12-5-4-6-13(8-12)15(16,17)18/h4-6,8,11,19-20H,7,9-10H2,1-3H3. The van der Waals surface area contributed by atoms with E-state index in [1.807, 2.05) is 13.2 Å². The zero-order valence-corrected chi connectivity index (χ0v) is 13.3. The Morgan fingerprint density at radius 2 is 2.00 bits per heavy atom. The summed E-state index contributed by atoms with van der Waals surface area (Å²) < 4.78 is 37.9. The van der Waals surface area contributed by atoms with Gasteiger partial charge in [-0.05, 0) is 38.2 Å². The minimum atomic E-state index is -4.31. The number of aliphatic hydroxyl groups is 1. The molecule has 0 heterocycles. The van der Waals surface area contributed by atoms with Gasteiger partial charge in [-0.15, -0.1) is 0 Å². The largest absolute Gasteiger partial charge is 0.416 e. The summed E-state index contributed by atoms with van der Waals surface area (Å²) in [5, 5.41) is 13.2. The van der Waals surface area contributed by atoms with Crippen molar-refractivity contribution in [3.05, 3.63) is 35.4 Å². The summed E-state index contributed by atoms with van der Waals surface area (Å²) >= 11 is 1.55. The lowest BCUT2D eigenvalue weighted by atomic mass is 10.0. The first kappa shape index (κ1) is 18.3. The molecule has 0 aliphatic carbocycles. The van der Waals surface area contributed by atoms with E-state index < -0.39 is 17.3 Å². The second-order valence-corrected chi connectivity index (χ2v) is 6.48. The van der Waals surface area contributed by atoms with Crippen LogP contribution in [0.3, 0.4) is 0 Å². The zero-order chi connectivity index (χ0) is 16.1. The summed E-state index contributed by atoms with van der Waals surface area (Å²) in [6, 6.07) is 5.35. The minimum absolute atomic E-state index is 0.0122. The minimum Gasteiger partial charge on any atom is -0.388 e. The molecule has 0 amide bonds. The van der Waals surface area contributed by atoms with Crippen LogP contribution in [0.4, 0.5) is 13.2 Å². The highest BCUT2D eigenvalue weighted by Gasteiger charge is 2.30. The Morgan fingerprint density at radius 3 is 2.57 bits per heavy atom. The topological polar surface area (TPSA) is 32.3 Å². The van der Waals surface area contributed by atoms with Crippen LogP contribution < -0.4 is 5.32 Å². The lowest BCUT2D eigenvalue weighted by Crippen LogP contribution is -2.43. The molecule has 0 aliphatic heterocycles. The van der Waals surface area contributed by atoms with E-state index >= 15 is 0 Å². The van der Waals surface area contributed by atoms with Crippen molar-refractivity contribution in [2.24, 2.45) is 0 Å². The third kappa shape index (κ3) is 6.72. The van der Waals surface area contributed by atoms with E-state index in [1.54, 1.807) is 24.8 Å². The molecule has 0 spiro atoms. The number of hydrogen-bond acceptors (Lipinski definition) is 3. The fourth-order valence-corrected chi connectivity index (χ4v) is 2.78. The molecule has 0 bridgehead atoms. The number of halogens is 3. The lowest BCUT2D eigenvalue weighted by Gasteiger charge is -2.25. The quantitative estimate of drug-likeness (QED) is 0.808. The predicted molar refractivity (Wildman–Crippen MR) is 81.6 cm³/mol. The van der Waals surface area contributed by atoms with Crippen molar-refractivity contribution in [3.8, 4) is 0 Å². The van der Waals surface area contributed by atoms with Gasteiger partial charge in [0.05, 0.1) is 11.2 Å². The van der Waals surface area contributed by atoms with Gasteiger partial charge in [0, 0.05) is 18.3 Å². The molecule has 0 fully saturated rings. The molecule has 21 heavy (non-hydrogen) atoms. The Hall–Kier alpha value is -0.720. The molecule has 6 heteroatoms. The monoisotopic (exact) mass is 321 g/mol. The molecule has 2 atom stereocenters. The van der Waals surface area contributed by atoms with Crippen LogP contribution in [-0.4, -0.2) is 35.3 Å². The van der Waals surface area contributed by atoms with Crippen molar-refractivity contribution in [2.45, 2.75) is 38.1 Å². The Labute approximate surface area is 128 Å². The fourth-order valence-electron chi connectivity index (χ4n) is 2.06. The Morgan fingerprint density at radius 1 is 1.33 bits per heavy atom. The maximum absolute atomic E-state index is 12.6. The Balaban J connectivity index is 2.57. The summed E-state index contributed by atoms with van der Waals surface area (Å²) in [5.74, 6) is 0.607. The number of rotatable bonds is 7. The van der Waals surface area contributed by atoms with Crippen LogP contribution >= 0.6 is 11.8 Å². The molecule has 0 saturated carbocycles. The molecule has 0 saturated heterocycles. The van der Waals surface area contributed by atoms with Gasteiger partial charge in [-0.2, -0.15) is 24.9 Å². The third-order valence-electron chi connectivity index (χ3n) is 3.08. The third-order valence-corrected chi connectivity index (χ3v) is 3.99. The van der Waals surface area contributed by atoms with Gasteiger partial charge in [-0.25, -0.2) is 0 Å². The Kier molecular flexibility index (Phi) is 6.56. The van der Waals surface area contributed by atoms with Gasteiger partial charge in [0.25, 0.3) is 0 Å². The van der Waals surface area contributed by atoms with Crippen molar-refractivity contribution in [2.75, 3.05) is 18.6 Å². The number of thioether (sulfide) groups is 1. The second-order valence-electron chi connectivity index (χ2n) is 5.61. The van der Waals surface area contributed by atoms with Crippen LogP contribution in [0.25, 0.3) is 0 Å². The van der Waals surface area contributed by atoms with E-state index in [9.17, 15) is 18.3 Å². The average Bonchev–Trinajstić information content (AvgIpc) is 2.36. The number of nitrogens with one attached hydrogen (secondary N) is 1. The molecule has 2 unspecified atom stereocenters. The number of hydrogen-bond donors (Lipinski definition) is 2. The molecule has 1 rings (SSSR count). The summed E-state index contributed by atoms with van der Waals surface area (Å²) in [6.07, 6.45) is -1.91. The van der Waals surface area contributed by atoms with E-state index in [-0.39, 0.29) is 6.04 Å². The maximum Gasteiger partial charge on any atom is 0.416 e. The first-order valence-corrected chi connectivity index (χ1v) is 8.14. The van der Waals surface area contributed by atoms with Crippen LogP contribution in [0, 0.1) is 0 Å². The van der Waals surface area contributed by atoms with Crippen molar-refractivity contribution in [1.29, 1.82) is 0 Å². The van der Waals surface area contributed by atoms with Gasteiger partial charge in [0.1, 0.15) is 0 Å². The molecule has 120 valence electrons. The molecule has 0 aliphatic rings. The maximum atomic E-state index is 12.6. The van der Waals surface area contributed by atoms with Crippen molar-refractivity contribution in [1.82, 2.24) is 5.32 Å². The highest BCUT2D eigenvalue weighted by Crippen LogP contribution is 2.29. The van der Waals surface area contributed by atoms with Gasteiger partial charge in [0.15, 0.2) is 0 Å². The number of benzene rings is 1. The molecular weight excluding hydrogens is 299 g/mol. The summed E-state index contributed by atoms with van der Waals surface area (Å²) in [4.78, 5) is 0. The highest BCUT2D eigenvalue weighted by atomic mass is 32.2. The van der Waals surface area contributed by atoms with Gasteiger partial charge in [0.2, 0.25) is 0 Å². The van der Waals surface area contributed by atoms with Crippen LogP contribution in [0.15, 0.2) is 24.3 Å². The first-order valence-electron chi connectivity index (χ1n) is 6.75. The fraction of sp³-hybridized carbons (Fsp3) is 0.600. The molecule has 0 radical (unpaired) electrons. The summed E-state index contributed by atoms with van der Waals surface area (Å²) in [5.41, 5.74) is -0.808.